The van der Waals surface area contributed by atoms with Crippen molar-refractivity contribution in [1.29, 1.82) is 0 Å². The van der Waals surface area contributed by atoms with E-state index in [1.54, 1.807) is 17.0 Å². The molecule has 1 amide bonds. The number of nitrogens with zero attached hydrogens (tertiary/aromatic N) is 2. The Balaban J connectivity index is 1.74. The van der Waals surface area contributed by atoms with Gasteiger partial charge in [0.05, 0.1) is 17.4 Å². The molecule has 0 radical (unpaired) electrons. The lowest BCUT2D eigenvalue weighted by Gasteiger charge is -2.34. The maximum atomic E-state index is 13.1. The number of hydrogen-bond acceptors (Lipinski definition) is 4. The number of carbonyl (C=O) groups excluding carboxylic acids is 1. The van der Waals surface area contributed by atoms with Crippen LogP contribution in [0.25, 0.3) is 0 Å². The van der Waals surface area contributed by atoms with E-state index >= 15 is 0 Å². The summed E-state index contributed by atoms with van der Waals surface area (Å²) in [6, 6.07) is 15.6. The first kappa shape index (κ1) is 21.8. The van der Waals surface area contributed by atoms with Crippen LogP contribution in [0, 0.1) is 5.92 Å². The van der Waals surface area contributed by atoms with E-state index < -0.39 is 15.9 Å². The summed E-state index contributed by atoms with van der Waals surface area (Å²) in [5, 5.41) is 9.87. The Hall–Kier alpha value is -1.93. The second-order valence-corrected chi connectivity index (χ2v) is 9.50. The molecule has 29 heavy (non-hydrogen) atoms. The lowest BCUT2D eigenvalue weighted by atomic mass is 9.97. The maximum Gasteiger partial charge on any atom is 0.243 e. The van der Waals surface area contributed by atoms with Crippen LogP contribution in [0.3, 0.4) is 0 Å². The third-order valence-corrected chi connectivity index (χ3v) is 7.21. The quantitative estimate of drug-likeness (QED) is 0.723. The van der Waals surface area contributed by atoms with Gasteiger partial charge in [-0.1, -0.05) is 41.9 Å². The van der Waals surface area contributed by atoms with Gasteiger partial charge in [-0.15, -0.1) is 0 Å². The summed E-state index contributed by atoms with van der Waals surface area (Å²) in [5.41, 5.74) is 0.968. The van der Waals surface area contributed by atoms with Crippen molar-refractivity contribution < 1.29 is 18.3 Å². The molecule has 156 valence electrons. The molecule has 1 atom stereocenters. The number of sulfonamides is 1. The SMILES string of the molecule is O=C(C1CCCN(S(=O)(=O)c2ccc(Cl)cc2)C1)N(CCO)Cc1ccccc1. The van der Waals surface area contributed by atoms with Gasteiger partial charge in [0.15, 0.2) is 0 Å². The van der Waals surface area contributed by atoms with Gasteiger partial charge in [-0.05, 0) is 42.7 Å². The number of benzene rings is 2. The Kier molecular flexibility index (Phi) is 7.29. The number of carbonyl (C=O) groups is 1. The minimum atomic E-state index is -3.69. The monoisotopic (exact) mass is 436 g/mol. The van der Waals surface area contributed by atoms with E-state index in [-0.39, 0.29) is 30.5 Å². The number of aliphatic hydroxyl groups excluding tert-OH is 1. The fourth-order valence-corrected chi connectivity index (χ4v) is 5.22. The number of amides is 1. The van der Waals surface area contributed by atoms with Gasteiger partial charge < -0.3 is 10.0 Å². The number of hydrogen-bond donors (Lipinski definition) is 1. The third-order valence-electron chi connectivity index (χ3n) is 5.08. The first-order chi connectivity index (χ1) is 13.9. The van der Waals surface area contributed by atoms with Gasteiger partial charge in [-0.2, -0.15) is 4.31 Å². The molecule has 3 rings (SSSR count). The summed E-state index contributed by atoms with van der Waals surface area (Å²) < 4.78 is 27.3. The van der Waals surface area contributed by atoms with Crippen molar-refractivity contribution in [3.05, 3.63) is 65.2 Å². The highest BCUT2D eigenvalue weighted by Gasteiger charge is 2.35. The lowest BCUT2D eigenvalue weighted by molar-refractivity contribution is -0.137. The minimum absolute atomic E-state index is 0.126. The minimum Gasteiger partial charge on any atom is -0.395 e. The fraction of sp³-hybridized carbons (Fsp3) is 0.381. The van der Waals surface area contributed by atoms with Crippen LogP contribution in [0.4, 0.5) is 0 Å². The van der Waals surface area contributed by atoms with Crippen LogP contribution in [0.5, 0.6) is 0 Å². The van der Waals surface area contributed by atoms with Crippen LogP contribution < -0.4 is 0 Å². The van der Waals surface area contributed by atoms with Crippen molar-refractivity contribution in [2.75, 3.05) is 26.2 Å². The lowest BCUT2D eigenvalue weighted by Crippen LogP contribution is -2.47. The van der Waals surface area contributed by atoms with Crippen molar-refractivity contribution in [2.45, 2.75) is 24.3 Å². The van der Waals surface area contributed by atoms with Crippen molar-refractivity contribution >= 4 is 27.5 Å². The predicted molar refractivity (Wildman–Crippen MR) is 112 cm³/mol. The average Bonchev–Trinajstić information content (AvgIpc) is 2.74. The smallest absolute Gasteiger partial charge is 0.243 e. The zero-order valence-corrected chi connectivity index (χ0v) is 17.6. The maximum absolute atomic E-state index is 13.1. The van der Waals surface area contributed by atoms with E-state index in [0.29, 0.717) is 31.0 Å². The van der Waals surface area contributed by atoms with Gasteiger partial charge >= 0.3 is 0 Å². The van der Waals surface area contributed by atoms with Gasteiger partial charge in [0.1, 0.15) is 0 Å². The Morgan fingerprint density at radius 2 is 1.83 bits per heavy atom. The molecule has 1 unspecified atom stereocenters. The van der Waals surface area contributed by atoms with Crippen molar-refractivity contribution in [3.63, 3.8) is 0 Å². The summed E-state index contributed by atoms with van der Waals surface area (Å²) in [6.45, 7) is 0.987. The molecule has 2 aromatic carbocycles. The van der Waals surface area contributed by atoms with Crippen LogP contribution in [-0.2, 0) is 21.4 Å². The molecule has 8 heteroatoms. The van der Waals surface area contributed by atoms with Gasteiger partial charge in [-0.25, -0.2) is 8.42 Å². The number of rotatable bonds is 7. The molecule has 2 aromatic rings. The molecular weight excluding hydrogens is 412 g/mol. The first-order valence-electron chi connectivity index (χ1n) is 9.61. The van der Waals surface area contributed by atoms with Crippen LogP contribution in [0.2, 0.25) is 5.02 Å². The molecule has 0 saturated carbocycles. The number of aliphatic hydroxyl groups is 1. The number of piperidine rings is 1. The molecule has 0 aromatic heterocycles. The largest absolute Gasteiger partial charge is 0.395 e. The Bertz CT molecular complexity index is 919. The number of halogens is 1. The molecule has 0 spiro atoms. The Labute approximate surface area is 176 Å². The molecule has 1 N–H and O–H groups in total. The van der Waals surface area contributed by atoms with Gasteiger partial charge in [0.2, 0.25) is 15.9 Å². The molecule has 1 fully saturated rings. The van der Waals surface area contributed by atoms with Crippen LogP contribution in [0.15, 0.2) is 59.5 Å². The van der Waals surface area contributed by atoms with E-state index in [4.69, 9.17) is 11.6 Å². The fourth-order valence-electron chi connectivity index (χ4n) is 3.57. The van der Waals surface area contributed by atoms with E-state index in [2.05, 4.69) is 0 Å². The second-order valence-electron chi connectivity index (χ2n) is 7.13. The van der Waals surface area contributed by atoms with Crippen LogP contribution >= 0.6 is 11.6 Å². The van der Waals surface area contributed by atoms with Gasteiger partial charge in [0, 0.05) is 31.2 Å². The summed E-state index contributed by atoms with van der Waals surface area (Å²) in [4.78, 5) is 14.9. The van der Waals surface area contributed by atoms with Crippen molar-refractivity contribution in [2.24, 2.45) is 5.92 Å². The molecule has 1 aliphatic rings. The molecule has 1 saturated heterocycles. The molecule has 1 heterocycles. The highest BCUT2D eigenvalue weighted by molar-refractivity contribution is 7.89. The summed E-state index contributed by atoms with van der Waals surface area (Å²) >= 11 is 5.86. The van der Waals surface area contributed by atoms with E-state index in [1.165, 1.54) is 16.4 Å². The van der Waals surface area contributed by atoms with Gasteiger partial charge in [-0.3, -0.25) is 4.79 Å². The zero-order chi connectivity index (χ0) is 20.9. The predicted octanol–water partition coefficient (Wildman–Crippen LogP) is 2.76. The average molecular weight is 437 g/mol. The molecular formula is C21H25ClN2O4S. The Morgan fingerprint density at radius 1 is 1.14 bits per heavy atom. The Morgan fingerprint density at radius 3 is 2.48 bits per heavy atom. The van der Waals surface area contributed by atoms with Crippen molar-refractivity contribution in [3.8, 4) is 0 Å². The second kappa shape index (κ2) is 9.71. The van der Waals surface area contributed by atoms with Crippen LogP contribution in [0.1, 0.15) is 18.4 Å². The van der Waals surface area contributed by atoms with Gasteiger partial charge in [0.25, 0.3) is 0 Å². The highest BCUT2D eigenvalue weighted by Crippen LogP contribution is 2.26. The van der Waals surface area contributed by atoms with Crippen molar-refractivity contribution in [1.82, 2.24) is 9.21 Å². The third kappa shape index (κ3) is 5.36. The topological polar surface area (TPSA) is 77.9 Å². The van der Waals surface area contributed by atoms with Crippen LogP contribution in [-0.4, -0.2) is 54.9 Å². The summed E-state index contributed by atoms with van der Waals surface area (Å²) in [6.07, 6.45) is 1.24. The summed E-state index contributed by atoms with van der Waals surface area (Å²) in [7, 11) is -3.69. The molecule has 0 aliphatic carbocycles. The zero-order valence-electron chi connectivity index (χ0n) is 16.1. The van der Waals surface area contributed by atoms with E-state index in [9.17, 15) is 18.3 Å². The van der Waals surface area contributed by atoms with E-state index in [0.717, 1.165) is 5.56 Å². The highest BCUT2D eigenvalue weighted by atomic mass is 35.5. The standard InChI is InChI=1S/C21H25ClN2O4S/c22-19-8-10-20(11-9-19)29(27,28)24-12-4-7-18(16-24)21(26)23(13-14-25)15-17-5-2-1-3-6-17/h1-3,5-6,8-11,18,25H,4,7,12-16H2. The molecule has 6 nitrogen and oxygen atoms in total. The van der Waals surface area contributed by atoms with E-state index in [1.807, 2.05) is 30.3 Å². The summed E-state index contributed by atoms with van der Waals surface area (Å²) in [5.74, 6) is -0.556. The first-order valence-corrected chi connectivity index (χ1v) is 11.4. The normalized spacial score (nSPS) is 17.8. The molecule has 0 bridgehead atoms. The molecule has 1 aliphatic heterocycles.